The van der Waals surface area contributed by atoms with Crippen molar-refractivity contribution in [2.45, 2.75) is 63.3 Å². The Bertz CT molecular complexity index is 404. The summed E-state index contributed by atoms with van der Waals surface area (Å²) in [6.07, 6.45) is 11.0. The van der Waals surface area contributed by atoms with Gasteiger partial charge in [0.15, 0.2) is 0 Å². The highest BCUT2D eigenvalue weighted by atomic mass is 14.9. The van der Waals surface area contributed by atoms with E-state index in [2.05, 4.69) is 30.6 Å². The van der Waals surface area contributed by atoms with Crippen LogP contribution in [0.4, 0.5) is 0 Å². The fourth-order valence-electron chi connectivity index (χ4n) is 3.81. The number of aryl methyl sites for hydroxylation is 1. The molecule has 0 spiro atoms. The summed E-state index contributed by atoms with van der Waals surface area (Å²) in [6.45, 7) is 0. The standard InChI is InChI=1S/C17H25N/c1-18-17-9-5-8-14-10-11-15(12-16(14)17)13-6-3-2-4-7-13/h10-13,17-18H,2-9H2,1H3. The molecule has 0 bridgehead atoms. The Morgan fingerprint density at radius 3 is 2.61 bits per heavy atom. The Hall–Kier alpha value is -0.820. The lowest BCUT2D eigenvalue weighted by Crippen LogP contribution is -2.22. The first-order valence-electron chi connectivity index (χ1n) is 7.68. The number of rotatable bonds is 2. The first-order chi connectivity index (χ1) is 8.88. The van der Waals surface area contributed by atoms with E-state index in [1.54, 1.807) is 16.7 Å². The number of hydrogen-bond donors (Lipinski definition) is 1. The minimum absolute atomic E-state index is 0.595. The highest BCUT2D eigenvalue weighted by molar-refractivity contribution is 5.37. The summed E-state index contributed by atoms with van der Waals surface area (Å²) in [5.41, 5.74) is 4.78. The van der Waals surface area contributed by atoms with Gasteiger partial charge in [0.05, 0.1) is 0 Å². The summed E-state index contributed by atoms with van der Waals surface area (Å²) in [7, 11) is 2.10. The van der Waals surface area contributed by atoms with Crippen LogP contribution in [0.25, 0.3) is 0 Å². The molecule has 18 heavy (non-hydrogen) atoms. The Kier molecular flexibility index (Phi) is 3.69. The Labute approximate surface area is 111 Å². The average molecular weight is 243 g/mol. The Morgan fingerprint density at radius 2 is 1.83 bits per heavy atom. The van der Waals surface area contributed by atoms with Crippen molar-refractivity contribution >= 4 is 0 Å². The number of fused-ring (bicyclic) bond motifs is 1. The van der Waals surface area contributed by atoms with Gasteiger partial charge in [-0.05, 0) is 61.8 Å². The van der Waals surface area contributed by atoms with E-state index in [-0.39, 0.29) is 0 Å². The summed E-state index contributed by atoms with van der Waals surface area (Å²) < 4.78 is 0. The largest absolute Gasteiger partial charge is 0.313 e. The summed E-state index contributed by atoms with van der Waals surface area (Å²) in [4.78, 5) is 0. The molecule has 1 aromatic rings. The fourth-order valence-corrected chi connectivity index (χ4v) is 3.81. The van der Waals surface area contributed by atoms with Gasteiger partial charge in [-0.1, -0.05) is 37.5 Å². The van der Waals surface area contributed by atoms with Crippen LogP contribution in [0.2, 0.25) is 0 Å². The zero-order chi connectivity index (χ0) is 12.4. The molecule has 1 atom stereocenters. The second kappa shape index (κ2) is 5.44. The van der Waals surface area contributed by atoms with Crippen molar-refractivity contribution in [1.29, 1.82) is 0 Å². The minimum atomic E-state index is 0.595. The third-order valence-electron chi connectivity index (χ3n) is 4.91. The van der Waals surface area contributed by atoms with Crippen LogP contribution in [0, 0.1) is 0 Å². The molecule has 0 heterocycles. The van der Waals surface area contributed by atoms with Gasteiger partial charge in [0, 0.05) is 6.04 Å². The van der Waals surface area contributed by atoms with Crippen LogP contribution < -0.4 is 5.32 Å². The van der Waals surface area contributed by atoms with Crippen molar-refractivity contribution < 1.29 is 0 Å². The molecule has 1 saturated carbocycles. The number of benzene rings is 1. The highest BCUT2D eigenvalue weighted by Crippen LogP contribution is 2.36. The monoisotopic (exact) mass is 243 g/mol. The van der Waals surface area contributed by atoms with Crippen LogP contribution in [0.3, 0.4) is 0 Å². The smallest absolute Gasteiger partial charge is 0.0320 e. The van der Waals surface area contributed by atoms with Gasteiger partial charge < -0.3 is 5.32 Å². The summed E-state index contributed by atoms with van der Waals surface area (Å²) in [5, 5.41) is 3.49. The lowest BCUT2D eigenvalue weighted by molar-refractivity contribution is 0.441. The molecule has 98 valence electrons. The first-order valence-corrected chi connectivity index (χ1v) is 7.68. The van der Waals surface area contributed by atoms with E-state index in [0.717, 1.165) is 5.92 Å². The van der Waals surface area contributed by atoms with E-state index >= 15 is 0 Å². The molecule has 3 rings (SSSR count). The molecule has 1 unspecified atom stereocenters. The third-order valence-corrected chi connectivity index (χ3v) is 4.91. The summed E-state index contributed by atoms with van der Waals surface area (Å²) in [5.74, 6) is 0.837. The molecule has 1 fully saturated rings. The quantitative estimate of drug-likeness (QED) is 0.815. The van der Waals surface area contributed by atoms with Crippen molar-refractivity contribution in [2.75, 3.05) is 7.05 Å². The lowest BCUT2D eigenvalue weighted by Gasteiger charge is -2.28. The molecule has 1 aromatic carbocycles. The molecule has 1 N–H and O–H groups in total. The SMILES string of the molecule is CNC1CCCc2ccc(C3CCCCC3)cc21. The maximum atomic E-state index is 3.49. The van der Waals surface area contributed by atoms with Crippen molar-refractivity contribution in [2.24, 2.45) is 0 Å². The van der Waals surface area contributed by atoms with Crippen molar-refractivity contribution in [1.82, 2.24) is 5.32 Å². The van der Waals surface area contributed by atoms with E-state index < -0.39 is 0 Å². The van der Waals surface area contributed by atoms with Gasteiger partial charge in [0.25, 0.3) is 0 Å². The van der Waals surface area contributed by atoms with Gasteiger partial charge in [-0.3, -0.25) is 0 Å². The van der Waals surface area contributed by atoms with Crippen molar-refractivity contribution in [3.63, 3.8) is 0 Å². The van der Waals surface area contributed by atoms with Crippen LogP contribution in [0.1, 0.15) is 73.6 Å². The van der Waals surface area contributed by atoms with E-state index in [1.165, 1.54) is 51.4 Å². The zero-order valence-corrected chi connectivity index (χ0v) is 11.5. The fraction of sp³-hybridized carbons (Fsp3) is 0.647. The van der Waals surface area contributed by atoms with Gasteiger partial charge in [-0.15, -0.1) is 0 Å². The third kappa shape index (κ3) is 2.33. The maximum Gasteiger partial charge on any atom is 0.0320 e. The van der Waals surface area contributed by atoms with Crippen LogP contribution in [0.15, 0.2) is 18.2 Å². The topological polar surface area (TPSA) is 12.0 Å². The van der Waals surface area contributed by atoms with E-state index in [4.69, 9.17) is 0 Å². The molecule has 0 saturated heterocycles. The van der Waals surface area contributed by atoms with Crippen LogP contribution in [-0.4, -0.2) is 7.05 Å². The molecule has 0 amide bonds. The number of hydrogen-bond acceptors (Lipinski definition) is 1. The molecule has 0 aliphatic heterocycles. The molecular weight excluding hydrogens is 218 g/mol. The second-order valence-electron chi connectivity index (χ2n) is 6.03. The normalized spacial score (nSPS) is 24.8. The van der Waals surface area contributed by atoms with Gasteiger partial charge in [0.1, 0.15) is 0 Å². The van der Waals surface area contributed by atoms with Gasteiger partial charge in [0.2, 0.25) is 0 Å². The molecule has 1 heteroatoms. The van der Waals surface area contributed by atoms with E-state index in [1.807, 2.05) is 0 Å². The summed E-state index contributed by atoms with van der Waals surface area (Å²) >= 11 is 0. The predicted octanol–water partition coefficient (Wildman–Crippen LogP) is 4.33. The Morgan fingerprint density at radius 1 is 1.00 bits per heavy atom. The molecule has 2 aliphatic rings. The van der Waals surface area contributed by atoms with Crippen LogP contribution in [0.5, 0.6) is 0 Å². The summed E-state index contributed by atoms with van der Waals surface area (Å²) in [6, 6.07) is 7.93. The van der Waals surface area contributed by atoms with Crippen molar-refractivity contribution in [3.8, 4) is 0 Å². The van der Waals surface area contributed by atoms with Gasteiger partial charge >= 0.3 is 0 Å². The van der Waals surface area contributed by atoms with Gasteiger partial charge in [-0.25, -0.2) is 0 Å². The Balaban J connectivity index is 1.88. The first kappa shape index (κ1) is 12.2. The molecule has 0 aromatic heterocycles. The maximum absolute atomic E-state index is 3.49. The van der Waals surface area contributed by atoms with E-state index in [9.17, 15) is 0 Å². The zero-order valence-electron chi connectivity index (χ0n) is 11.5. The van der Waals surface area contributed by atoms with E-state index in [0.29, 0.717) is 6.04 Å². The highest BCUT2D eigenvalue weighted by Gasteiger charge is 2.21. The predicted molar refractivity (Wildman–Crippen MR) is 77.0 cm³/mol. The minimum Gasteiger partial charge on any atom is -0.313 e. The van der Waals surface area contributed by atoms with Crippen molar-refractivity contribution in [3.05, 3.63) is 34.9 Å². The average Bonchev–Trinajstić information content (AvgIpc) is 2.47. The molecular formula is C17H25N. The van der Waals surface area contributed by atoms with Gasteiger partial charge in [-0.2, -0.15) is 0 Å². The molecule has 2 aliphatic carbocycles. The molecule has 1 nitrogen and oxygen atoms in total. The van der Waals surface area contributed by atoms with Crippen LogP contribution >= 0.6 is 0 Å². The van der Waals surface area contributed by atoms with Crippen LogP contribution in [-0.2, 0) is 6.42 Å². The molecule has 0 radical (unpaired) electrons. The lowest BCUT2D eigenvalue weighted by atomic mass is 9.80. The second-order valence-corrected chi connectivity index (χ2v) is 6.03. The number of nitrogens with one attached hydrogen (secondary N) is 1.